The van der Waals surface area contributed by atoms with Crippen LogP contribution in [0, 0.1) is 6.92 Å². The van der Waals surface area contributed by atoms with Gasteiger partial charge in [0.05, 0.1) is 12.8 Å². The maximum Gasteiger partial charge on any atom is 0.123 e. The van der Waals surface area contributed by atoms with E-state index >= 15 is 0 Å². The molecule has 2 aromatic rings. The van der Waals surface area contributed by atoms with Crippen molar-refractivity contribution in [2.45, 2.75) is 38.9 Å². The normalized spacial score (nSPS) is 14.6. The molecule has 100 valence electrons. The molecule has 0 atom stereocenters. The van der Waals surface area contributed by atoms with Gasteiger partial charge in [0.2, 0.25) is 0 Å². The summed E-state index contributed by atoms with van der Waals surface area (Å²) in [6, 6.07) is 11.2. The molecule has 19 heavy (non-hydrogen) atoms. The monoisotopic (exact) mass is 256 g/mol. The van der Waals surface area contributed by atoms with E-state index in [1.165, 1.54) is 29.7 Å². The van der Waals surface area contributed by atoms with Crippen LogP contribution in [-0.4, -0.2) is 6.04 Å². The van der Waals surface area contributed by atoms with E-state index in [2.05, 4.69) is 30.0 Å². The van der Waals surface area contributed by atoms with Gasteiger partial charge in [-0.25, -0.2) is 0 Å². The second-order valence-corrected chi connectivity index (χ2v) is 5.27. The Kier molecular flexibility index (Phi) is 3.30. The van der Waals surface area contributed by atoms with E-state index in [0.29, 0.717) is 12.6 Å². The molecule has 1 heterocycles. The fraction of sp³-hybridized carbons (Fsp3) is 0.375. The molecular formula is C16H20N2O. The van der Waals surface area contributed by atoms with Crippen molar-refractivity contribution in [1.29, 1.82) is 0 Å². The second-order valence-electron chi connectivity index (χ2n) is 5.27. The predicted molar refractivity (Wildman–Crippen MR) is 77.0 cm³/mol. The van der Waals surface area contributed by atoms with Crippen LogP contribution in [0.1, 0.15) is 29.7 Å². The summed E-state index contributed by atoms with van der Waals surface area (Å²) >= 11 is 0. The van der Waals surface area contributed by atoms with Crippen LogP contribution in [0.4, 0.5) is 5.69 Å². The predicted octanol–water partition coefficient (Wildman–Crippen LogP) is 3.22. The van der Waals surface area contributed by atoms with E-state index in [0.717, 1.165) is 12.3 Å². The third kappa shape index (κ3) is 2.66. The molecule has 1 aromatic heterocycles. The molecule has 0 radical (unpaired) electrons. The molecule has 1 aliphatic rings. The first-order valence-corrected chi connectivity index (χ1v) is 6.86. The Morgan fingerprint density at radius 1 is 1.32 bits per heavy atom. The van der Waals surface area contributed by atoms with E-state index in [9.17, 15) is 0 Å². The number of anilines is 1. The maximum atomic E-state index is 5.90. The molecule has 3 heteroatoms. The number of hydrogen-bond donors (Lipinski definition) is 1. The third-order valence-corrected chi connectivity index (χ3v) is 3.66. The summed E-state index contributed by atoms with van der Waals surface area (Å²) < 4.78 is 5.49. The van der Waals surface area contributed by atoms with Gasteiger partial charge in [-0.2, -0.15) is 0 Å². The Hall–Kier alpha value is -1.74. The van der Waals surface area contributed by atoms with Crippen LogP contribution in [0.5, 0.6) is 0 Å². The molecule has 0 spiro atoms. The Morgan fingerprint density at radius 2 is 2.16 bits per heavy atom. The minimum Gasteiger partial charge on any atom is -0.467 e. The van der Waals surface area contributed by atoms with E-state index in [-0.39, 0.29) is 0 Å². The number of hydrogen-bond acceptors (Lipinski definition) is 3. The smallest absolute Gasteiger partial charge is 0.123 e. The quantitative estimate of drug-likeness (QED) is 0.893. The van der Waals surface area contributed by atoms with E-state index in [4.69, 9.17) is 10.2 Å². The molecule has 2 N–H and O–H groups in total. The lowest BCUT2D eigenvalue weighted by Crippen LogP contribution is -2.26. The summed E-state index contributed by atoms with van der Waals surface area (Å²) in [6.07, 6.45) is 4.26. The lowest BCUT2D eigenvalue weighted by molar-refractivity contribution is 0.501. The highest BCUT2D eigenvalue weighted by Crippen LogP contribution is 2.35. The third-order valence-electron chi connectivity index (χ3n) is 3.66. The molecular weight excluding hydrogens is 236 g/mol. The number of nitrogens with zero attached hydrogens (tertiary/aromatic N) is 1. The molecule has 3 rings (SSSR count). The fourth-order valence-electron chi connectivity index (χ4n) is 2.53. The average molecular weight is 256 g/mol. The molecule has 0 aliphatic heterocycles. The van der Waals surface area contributed by atoms with Crippen LogP contribution >= 0.6 is 0 Å². The molecule has 3 nitrogen and oxygen atoms in total. The van der Waals surface area contributed by atoms with Crippen LogP contribution in [0.3, 0.4) is 0 Å². The summed E-state index contributed by atoms with van der Waals surface area (Å²) in [5, 5.41) is 0. The highest BCUT2D eigenvalue weighted by Gasteiger charge is 2.30. The van der Waals surface area contributed by atoms with Crippen molar-refractivity contribution in [3.8, 4) is 0 Å². The van der Waals surface area contributed by atoms with Gasteiger partial charge in [0, 0.05) is 18.3 Å². The fourth-order valence-corrected chi connectivity index (χ4v) is 2.53. The topological polar surface area (TPSA) is 42.4 Å². The van der Waals surface area contributed by atoms with Gasteiger partial charge in [0.25, 0.3) is 0 Å². The standard InChI is InChI=1S/C16H20N2O/c1-12-4-7-16(13(9-12)10-17)18(14-5-6-14)11-15-3-2-8-19-15/h2-4,7-9,14H,5-6,10-11,17H2,1H3. The zero-order valence-electron chi connectivity index (χ0n) is 11.3. The molecule has 1 fully saturated rings. The number of aryl methyl sites for hydroxylation is 1. The number of benzene rings is 1. The van der Waals surface area contributed by atoms with E-state index in [1.54, 1.807) is 6.26 Å². The van der Waals surface area contributed by atoms with Crippen LogP contribution in [-0.2, 0) is 13.1 Å². The molecule has 0 unspecified atom stereocenters. The molecule has 1 saturated carbocycles. The number of furan rings is 1. The van der Waals surface area contributed by atoms with Crippen molar-refractivity contribution in [3.05, 3.63) is 53.5 Å². The summed E-state index contributed by atoms with van der Waals surface area (Å²) in [5.41, 5.74) is 9.64. The zero-order valence-corrected chi connectivity index (χ0v) is 11.3. The Bertz CT molecular complexity index is 544. The molecule has 0 saturated heterocycles. The number of nitrogens with two attached hydrogens (primary N) is 1. The lowest BCUT2D eigenvalue weighted by atomic mass is 10.1. The largest absolute Gasteiger partial charge is 0.467 e. The van der Waals surface area contributed by atoms with E-state index < -0.39 is 0 Å². The van der Waals surface area contributed by atoms with Gasteiger partial charge in [0.1, 0.15) is 5.76 Å². The van der Waals surface area contributed by atoms with Crippen molar-refractivity contribution in [3.63, 3.8) is 0 Å². The van der Waals surface area contributed by atoms with Gasteiger partial charge < -0.3 is 15.1 Å². The summed E-state index contributed by atoms with van der Waals surface area (Å²) in [7, 11) is 0. The van der Waals surface area contributed by atoms with Gasteiger partial charge in [-0.3, -0.25) is 0 Å². The van der Waals surface area contributed by atoms with Gasteiger partial charge in [-0.05, 0) is 43.5 Å². The first kappa shape index (κ1) is 12.3. The minimum atomic E-state index is 0.582. The molecule has 1 aromatic carbocycles. The van der Waals surface area contributed by atoms with Crippen LogP contribution in [0.2, 0.25) is 0 Å². The second kappa shape index (κ2) is 5.10. The van der Waals surface area contributed by atoms with Crippen molar-refractivity contribution in [1.82, 2.24) is 0 Å². The average Bonchev–Trinajstić information content (AvgIpc) is 3.13. The minimum absolute atomic E-state index is 0.582. The van der Waals surface area contributed by atoms with Crippen LogP contribution in [0.15, 0.2) is 41.0 Å². The molecule has 1 aliphatic carbocycles. The maximum absolute atomic E-state index is 5.90. The number of rotatable bonds is 5. The highest BCUT2D eigenvalue weighted by atomic mass is 16.3. The highest BCUT2D eigenvalue weighted by molar-refractivity contribution is 5.56. The van der Waals surface area contributed by atoms with Crippen LogP contribution in [0.25, 0.3) is 0 Å². The summed E-state index contributed by atoms with van der Waals surface area (Å²) in [5.74, 6) is 1.01. The SMILES string of the molecule is Cc1ccc(N(Cc2ccco2)C2CC2)c(CN)c1. The van der Waals surface area contributed by atoms with Gasteiger partial charge >= 0.3 is 0 Å². The molecule has 0 bridgehead atoms. The Balaban J connectivity index is 1.91. The first-order valence-electron chi connectivity index (χ1n) is 6.86. The Morgan fingerprint density at radius 3 is 2.79 bits per heavy atom. The van der Waals surface area contributed by atoms with Crippen molar-refractivity contribution >= 4 is 5.69 Å². The van der Waals surface area contributed by atoms with Gasteiger partial charge in [-0.15, -0.1) is 0 Å². The van der Waals surface area contributed by atoms with Gasteiger partial charge in [-0.1, -0.05) is 17.7 Å². The Labute approximate surface area is 114 Å². The zero-order chi connectivity index (χ0) is 13.2. The lowest BCUT2D eigenvalue weighted by Gasteiger charge is -2.26. The summed E-state index contributed by atoms with van der Waals surface area (Å²) in [4.78, 5) is 2.43. The van der Waals surface area contributed by atoms with Gasteiger partial charge in [0.15, 0.2) is 0 Å². The van der Waals surface area contributed by atoms with Crippen molar-refractivity contribution in [2.24, 2.45) is 5.73 Å². The van der Waals surface area contributed by atoms with Crippen molar-refractivity contribution in [2.75, 3.05) is 4.90 Å². The van der Waals surface area contributed by atoms with Crippen molar-refractivity contribution < 1.29 is 4.42 Å². The van der Waals surface area contributed by atoms with E-state index in [1.807, 2.05) is 12.1 Å². The van der Waals surface area contributed by atoms with Crippen LogP contribution < -0.4 is 10.6 Å². The summed E-state index contributed by atoms with van der Waals surface area (Å²) in [6.45, 7) is 3.52. The first-order chi connectivity index (χ1) is 9.28. The molecule has 0 amide bonds.